The van der Waals surface area contributed by atoms with Crippen molar-refractivity contribution in [2.24, 2.45) is 0 Å². The molecular formula is C19H19BN4O2. The molecule has 3 aromatic rings. The first-order chi connectivity index (χ1) is 12.6. The second-order valence-corrected chi connectivity index (χ2v) is 6.63. The highest BCUT2D eigenvalue weighted by Crippen LogP contribution is 2.21. The molecule has 0 atom stereocenters. The average molecular weight is 346 g/mol. The molecule has 2 N–H and O–H groups in total. The van der Waals surface area contributed by atoms with Crippen LogP contribution in [0.3, 0.4) is 0 Å². The molecule has 0 fully saturated rings. The normalized spacial score (nSPS) is 13.5. The summed E-state index contributed by atoms with van der Waals surface area (Å²) in [4.78, 5) is 33.8. The van der Waals surface area contributed by atoms with Gasteiger partial charge in [0.05, 0.1) is 24.1 Å². The molecule has 1 aromatic heterocycles. The molecule has 4 rings (SSSR count). The maximum Gasteiger partial charge on any atom is 0.254 e. The summed E-state index contributed by atoms with van der Waals surface area (Å²) in [6.07, 6.45) is 0.662. The van der Waals surface area contributed by atoms with Gasteiger partial charge < -0.3 is 20.0 Å². The minimum Gasteiger partial charge on any atom is -0.379 e. The van der Waals surface area contributed by atoms with E-state index < -0.39 is 0 Å². The van der Waals surface area contributed by atoms with Crippen LogP contribution in [0.2, 0.25) is 0 Å². The fourth-order valence-corrected chi connectivity index (χ4v) is 3.26. The summed E-state index contributed by atoms with van der Waals surface area (Å²) in [5.41, 5.74) is 4.62. The smallest absolute Gasteiger partial charge is 0.254 e. The first kappa shape index (κ1) is 16.4. The number of carbonyl (C=O) groups is 2. The molecule has 0 spiro atoms. The van der Waals surface area contributed by atoms with Crippen LogP contribution in [0.4, 0.5) is 5.69 Å². The van der Waals surface area contributed by atoms with Gasteiger partial charge in [0.1, 0.15) is 11.5 Å². The summed E-state index contributed by atoms with van der Waals surface area (Å²) in [6, 6.07) is 13.4. The number of fused-ring (bicyclic) bond motifs is 2. The third-order valence-corrected chi connectivity index (χ3v) is 4.67. The Bertz CT molecular complexity index is 965. The quantitative estimate of drug-likeness (QED) is 0.708. The highest BCUT2D eigenvalue weighted by atomic mass is 16.2. The van der Waals surface area contributed by atoms with Gasteiger partial charge in [-0.05, 0) is 42.2 Å². The van der Waals surface area contributed by atoms with Gasteiger partial charge >= 0.3 is 0 Å². The number of nitrogens with zero attached hydrogens (tertiary/aromatic N) is 2. The van der Waals surface area contributed by atoms with E-state index in [4.69, 9.17) is 0 Å². The van der Waals surface area contributed by atoms with Gasteiger partial charge in [-0.1, -0.05) is 12.1 Å². The molecule has 0 bridgehead atoms. The Morgan fingerprint density at radius 1 is 1.27 bits per heavy atom. The van der Waals surface area contributed by atoms with Crippen LogP contribution in [0.15, 0.2) is 42.5 Å². The first-order valence-electron chi connectivity index (χ1n) is 8.68. The zero-order valence-corrected chi connectivity index (χ0v) is 14.6. The van der Waals surface area contributed by atoms with E-state index in [1.54, 1.807) is 18.0 Å². The van der Waals surface area contributed by atoms with Crippen LogP contribution < -0.4 is 5.32 Å². The highest BCUT2D eigenvalue weighted by Gasteiger charge is 2.18. The fourth-order valence-electron chi connectivity index (χ4n) is 3.26. The zero-order chi connectivity index (χ0) is 18.1. The van der Waals surface area contributed by atoms with Crippen LogP contribution in [-0.4, -0.2) is 47.3 Å². The number of amides is 1. The number of imidazole rings is 1. The summed E-state index contributed by atoms with van der Waals surface area (Å²) < 4.78 is 0. The van der Waals surface area contributed by atoms with E-state index in [0.29, 0.717) is 32.3 Å². The van der Waals surface area contributed by atoms with Crippen molar-refractivity contribution >= 4 is 35.6 Å². The van der Waals surface area contributed by atoms with E-state index in [-0.39, 0.29) is 11.6 Å². The molecule has 0 unspecified atom stereocenters. The zero-order valence-electron chi connectivity index (χ0n) is 14.6. The van der Waals surface area contributed by atoms with Gasteiger partial charge in [-0.2, -0.15) is 0 Å². The molecule has 1 aliphatic heterocycles. The Labute approximate surface area is 151 Å². The lowest BCUT2D eigenvalue weighted by Gasteiger charge is -2.17. The molecule has 2 aromatic carbocycles. The number of hydrogen-bond donors (Lipinski definition) is 2. The lowest BCUT2D eigenvalue weighted by Crippen LogP contribution is -2.26. The molecule has 1 amide bonds. The predicted octanol–water partition coefficient (Wildman–Crippen LogP) is 1.72. The van der Waals surface area contributed by atoms with Crippen LogP contribution in [0.1, 0.15) is 21.7 Å². The van der Waals surface area contributed by atoms with Gasteiger partial charge in [-0.15, -0.1) is 0 Å². The SMILES string of the molecule is CN(Cc1nc2ccccc2[nH]1)C(=O)c1ccc2c(c1)CBC(=O)CN2. The minimum atomic E-state index is -0.0659. The Morgan fingerprint density at radius 3 is 2.96 bits per heavy atom. The van der Waals surface area contributed by atoms with Crippen LogP contribution in [-0.2, 0) is 17.7 Å². The van der Waals surface area contributed by atoms with Gasteiger partial charge in [-0.3, -0.25) is 4.79 Å². The number of aromatic amines is 1. The van der Waals surface area contributed by atoms with E-state index in [1.807, 2.05) is 36.4 Å². The Balaban J connectivity index is 1.52. The second kappa shape index (κ2) is 6.67. The first-order valence-corrected chi connectivity index (χ1v) is 8.68. The van der Waals surface area contributed by atoms with E-state index in [2.05, 4.69) is 15.3 Å². The molecule has 2 heterocycles. The molecule has 0 aliphatic carbocycles. The van der Waals surface area contributed by atoms with E-state index in [0.717, 1.165) is 28.1 Å². The molecule has 130 valence electrons. The van der Waals surface area contributed by atoms with Crippen LogP contribution >= 0.6 is 0 Å². The third kappa shape index (κ3) is 3.20. The van der Waals surface area contributed by atoms with Crippen molar-refractivity contribution in [3.63, 3.8) is 0 Å². The highest BCUT2D eigenvalue weighted by molar-refractivity contribution is 6.74. The van der Waals surface area contributed by atoms with Crippen LogP contribution in [0.25, 0.3) is 11.0 Å². The topological polar surface area (TPSA) is 78.1 Å². The molecular weight excluding hydrogens is 327 g/mol. The number of para-hydroxylation sites is 2. The molecule has 0 saturated carbocycles. The van der Waals surface area contributed by atoms with Crippen molar-refractivity contribution in [2.75, 3.05) is 18.9 Å². The van der Waals surface area contributed by atoms with Gasteiger partial charge in [0, 0.05) is 18.3 Å². The summed E-state index contributed by atoms with van der Waals surface area (Å²) in [6.45, 7) is 0.758. The predicted molar refractivity (Wildman–Crippen MR) is 103 cm³/mol. The van der Waals surface area contributed by atoms with Crippen molar-refractivity contribution in [2.45, 2.75) is 12.9 Å². The number of H-pyrrole nitrogens is 1. The Kier molecular flexibility index (Phi) is 4.20. The van der Waals surface area contributed by atoms with E-state index >= 15 is 0 Å². The summed E-state index contributed by atoms with van der Waals surface area (Å²) in [5.74, 6) is 0.688. The number of benzene rings is 2. The monoisotopic (exact) mass is 346 g/mol. The maximum absolute atomic E-state index is 12.8. The summed E-state index contributed by atoms with van der Waals surface area (Å²) >= 11 is 0. The fraction of sp³-hybridized carbons (Fsp3) is 0.211. The molecule has 0 saturated heterocycles. The van der Waals surface area contributed by atoms with Crippen molar-refractivity contribution < 1.29 is 9.59 Å². The second-order valence-electron chi connectivity index (χ2n) is 6.63. The summed E-state index contributed by atoms with van der Waals surface area (Å²) in [7, 11) is 2.27. The third-order valence-electron chi connectivity index (χ3n) is 4.67. The minimum absolute atomic E-state index is 0.0659. The Morgan fingerprint density at radius 2 is 2.12 bits per heavy atom. The van der Waals surface area contributed by atoms with Gasteiger partial charge in [0.2, 0.25) is 7.28 Å². The number of hydrogen-bond acceptors (Lipinski definition) is 4. The van der Waals surface area contributed by atoms with Crippen molar-refractivity contribution in [1.82, 2.24) is 14.9 Å². The van der Waals surface area contributed by atoms with Crippen molar-refractivity contribution in [3.05, 3.63) is 59.4 Å². The van der Waals surface area contributed by atoms with Crippen LogP contribution in [0.5, 0.6) is 0 Å². The molecule has 26 heavy (non-hydrogen) atoms. The molecule has 1 aliphatic rings. The van der Waals surface area contributed by atoms with Crippen LogP contribution in [0, 0.1) is 0 Å². The molecule has 6 nitrogen and oxygen atoms in total. The number of nitrogens with one attached hydrogen (secondary N) is 2. The number of carbonyl (C=O) groups excluding carboxylic acids is 2. The van der Waals surface area contributed by atoms with Gasteiger partial charge in [-0.25, -0.2) is 4.98 Å². The lowest BCUT2D eigenvalue weighted by atomic mass is 9.68. The largest absolute Gasteiger partial charge is 0.379 e. The standard InChI is InChI=1S/C19H19BN4O2/c1-24(11-18-22-15-4-2-3-5-16(15)23-18)19(26)12-6-7-14-13(8-12)9-20-17(25)10-21-14/h2-8,20-21H,9-11H2,1H3,(H,22,23). The van der Waals surface area contributed by atoms with E-state index in [9.17, 15) is 9.59 Å². The van der Waals surface area contributed by atoms with Gasteiger partial charge in [0.25, 0.3) is 5.91 Å². The number of aromatic nitrogens is 2. The maximum atomic E-state index is 12.8. The Hall–Kier alpha value is -3.09. The number of anilines is 1. The molecule has 0 radical (unpaired) electrons. The lowest BCUT2D eigenvalue weighted by molar-refractivity contribution is -0.110. The van der Waals surface area contributed by atoms with Crippen molar-refractivity contribution in [1.29, 1.82) is 0 Å². The molecule has 7 heteroatoms. The van der Waals surface area contributed by atoms with Crippen molar-refractivity contribution in [3.8, 4) is 0 Å². The average Bonchev–Trinajstić information content (AvgIpc) is 2.96. The van der Waals surface area contributed by atoms with E-state index in [1.165, 1.54) is 0 Å². The number of rotatable bonds is 3. The summed E-state index contributed by atoms with van der Waals surface area (Å²) in [5, 5.41) is 3.14. The van der Waals surface area contributed by atoms with Gasteiger partial charge in [0.15, 0.2) is 0 Å².